The van der Waals surface area contributed by atoms with Crippen molar-refractivity contribution in [3.63, 3.8) is 0 Å². The van der Waals surface area contributed by atoms with Crippen LogP contribution in [-0.2, 0) is 17.5 Å². The maximum absolute atomic E-state index is 12.7. The molecule has 0 radical (unpaired) electrons. The highest BCUT2D eigenvalue weighted by molar-refractivity contribution is 5.93. The fourth-order valence-corrected chi connectivity index (χ4v) is 3.27. The van der Waals surface area contributed by atoms with Crippen LogP contribution in [0.3, 0.4) is 0 Å². The maximum Gasteiger partial charge on any atom is 0.433 e. The van der Waals surface area contributed by atoms with Gasteiger partial charge >= 0.3 is 6.18 Å². The maximum atomic E-state index is 12.7. The van der Waals surface area contributed by atoms with Crippen molar-refractivity contribution in [3.8, 4) is 0 Å². The Morgan fingerprint density at radius 1 is 1.13 bits per heavy atom. The third kappa shape index (κ3) is 4.98. The number of hydrogen-bond donors (Lipinski definition) is 1. The van der Waals surface area contributed by atoms with Gasteiger partial charge in [-0.25, -0.2) is 4.98 Å². The van der Waals surface area contributed by atoms with Crippen LogP contribution in [0.2, 0.25) is 0 Å². The molecule has 0 bridgehead atoms. The van der Waals surface area contributed by atoms with Crippen LogP contribution in [0.4, 0.5) is 19.0 Å². The van der Waals surface area contributed by atoms with E-state index in [-0.39, 0.29) is 11.3 Å². The first-order chi connectivity index (χ1) is 13.8. The molecule has 0 aliphatic rings. The Hall–Kier alpha value is -2.90. The molecule has 1 N–H and O–H groups in total. The zero-order chi connectivity index (χ0) is 22.3. The summed E-state index contributed by atoms with van der Waals surface area (Å²) in [5.41, 5.74) is 2.93. The van der Waals surface area contributed by atoms with Crippen molar-refractivity contribution >= 4 is 22.8 Å². The lowest BCUT2D eigenvalue weighted by atomic mass is 9.92. The van der Waals surface area contributed by atoms with Crippen molar-refractivity contribution < 1.29 is 18.0 Å². The third-order valence-electron chi connectivity index (χ3n) is 4.64. The summed E-state index contributed by atoms with van der Waals surface area (Å²) < 4.78 is 40.1. The van der Waals surface area contributed by atoms with Gasteiger partial charge in [0.05, 0.1) is 11.0 Å². The van der Waals surface area contributed by atoms with E-state index in [1.807, 2.05) is 51.4 Å². The number of amides is 1. The van der Waals surface area contributed by atoms with E-state index >= 15 is 0 Å². The molecular formula is C22H25F3N4O. The standard InChI is InChI=1S/C22H25F3N4O/c1-13-8-16-19(28-20(13)27-18(30)9-21(3,4)5)14(2)11-29(16)12-15-6-7-17(26-10-15)22(23,24)25/h6-8,10-11H,9,12H2,1-5H3,(H,27,28,30). The molecule has 0 unspecified atom stereocenters. The first-order valence-corrected chi connectivity index (χ1v) is 9.62. The summed E-state index contributed by atoms with van der Waals surface area (Å²) in [5.74, 6) is 0.430. The van der Waals surface area contributed by atoms with Crippen LogP contribution in [0.5, 0.6) is 0 Å². The van der Waals surface area contributed by atoms with Gasteiger partial charge in [-0.15, -0.1) is 0 Å². The monoisotopic (exact) mass is 418 g/mol. The van der Waals surface area contributed by atoms with Crippen LogP contribution in [0.25, 0.3) is 11.0 Å². The van der Waals surface area contributed by atoms with Gasteiger partial charge in [-0.1, -0.05) is 26.8 Å². The Kier molecular flexibility index (Phi) is 5.62. The van der Waals surface area contributed by atoms with Gasteiger partial charge in [0, 0.05) is 25.4 Å². The highest BCUT2D eigenvalue weighted by atomic mass is 19.4. The molecule has 3 rings (SSSR count). The molecule has 0 saturated heterocycles. The number of anilines is 1. The third-order valence-corrected chi connectivity index (χ3v) is 4.64. The molecule has 0 aromatic carbocycles. The molecule has 0 saturated carbocycles. The number of halogens is 3. The number of nitrogens with one attached hydrogen (secondary N) is 1. The number of hydrogen-bond acceptors (Lipinski definition) is 3. The van der Waals surface area contributed by atoms with Crippen molar-refractivity contribution in [2.45, 2.75) is 53.8 Å². The predicted molar refractivity (Wildman–Crippen MR) is 110 cm³/mol. The average Bonchev–Trinajstić information content (AvgIpc) is 2.88. The molecule has 0 atom stereocenters. The Bertz CT molecular complexity index is 1080. The minimum absolute atomic E-state index is 0.0923. The summed E-state index contributed by atoms with van der Waals surface area (Å²) in [5, 5.41) is 2.89. The minimum Gasteiger partial charge on any atom is -0.341 e. The zero-order valence-corrected chi connectivity index (χ0v) is 17.7. The molecule has 30 heavy (non-hydrogen) atoms. The lowest BCUT2D eigenvalue weighted by molar-refractivity contribution is -0.141. The predicted octanol–water partition coefficient (Wildman–Crippen LogP) is 5.49. The van der Waals surface area contributed by atoms with Gasteiger partial charge in [-0.2, -0.15) is 13.2 Å². The summed E-state index contributed by atoms with van der Waals surface area (Å²) in [4.78, 5) is 20.5. The van der Waals surface area contributed by atoms with E-state index in [1.165, 1.54) is 12.3 Å². The molecule has 160 valence electrons. The van der Waals surface area contributed by atoms with Gasteiger partial charge in [0.25, 0.3) is 0 Å². The SMILES string of the molecule is Cc1cc2c(nc1NC(=O)CC(C)(C)C)c(C)cn2Cc1ccc(C(F)(F)F)nc1. The van der Waals surface area contributed by atoms with E-state index in [1.54, 1.807) is 0 Å². The van der Waals surface area contributed by atoms with E-state index in [0.717, 1.165) is 28.2 Å². The number of fused-ring (bicyclic) bond motifs is 1. The number of pyridine rings is 2. The van der Waals surface area contributed by atoms with Crippen LogP contribution < -0.4 is 5.32 Å². The smallest absolute Gasteiger partial charge is 0.341 e. The lowest BCUT2D eigenvalue weighted by Gasteiger charge is -2.17. The van der Waals surface area contributed by atoms with E-state index in [0.29, 0.717) is 24.3 Å². The van der Waals surface area contributed by atoms with Gasteiger partial charge in [-0.05, 0) is 48.1 Å². The Morgan fingerprint density at radius 3 is 2.40 bits per heavy atom. The van der Waals surface area contributed by atoms with Crippen molar-refractivity contribution in [3.05, 3.63) is 53.0 Å². The van der Waals surface area contributed by atoms with Gasteiger partial charge in [0.2, 0.25) is 5.91 Å². The van der Waals surface area contributed by atoms with E-state index in [2.05, 4.69) is 15.3 Å². The number of aryl methyl sites for hydroxylation is 2. The quantitative estimate of drug-likeness (QED) is 0.609. The number of carbonyl (C=O) groups excluding carboxylic acids is 1. The first-order valence-electron chi connectivity index (χ1n) is 9.62. The van der Waals surface area contributed by atoms with E-state index in [4.69, 9.17) is 0 Å². The Balaban J connectivity index is 1.88. The van der Waals surface area contributed by atoms with Crippen molar-refractivity contribution in [2.75, 3.05) is 5.32 Å². The lowest BCUT2D eigenvalue weighted by Crippen LogP contribution is -2.20. The summed E-state index contributed by atoms with van der Waals surface area (Å²) >= 11 is 0. The summed E-state index contributed by atoms with van der Waals surface area (Å²) in [6, 6.07) is 4.35. The van der Waals surface area contributed by atoms with Gasteiger partial charge in [0.15, 0.2) is 0 Å². The highest BCUT2D eigenvalue weighted by Crippen LogP contribution is 2.28. The summed E-state index contributed by atoms with van der Waals surface area (Å²) in [6.07, 6.45) is -0.932. The second kappa shape index (κ2) is 7.74. The minimum atomic E-state index is -4.45. The van der Waals surface area contributed by atoms with Gasteiger partial charge < -0.3 is 9.88 Å². The number of rotatable bonds is 4. The highest BCUT2D eigenvalue weighted by Gasteiger charge is 2.32. The van der Waals surface area contributed by atoms with Gasteiger partial charge in [0.1, 0.15) is 11.5 Å². The second-order valence-corrected chi connectivity index (χ2v) is 8.80. The van der Waals surface area contributed by atoms with Crippen LogP contribution in [0.1, 0.15) is 49.6 Å². The molecule has 5 nitrogen and oxygen atoms in total. The van der Waals surface area contributed by atoms with Gasteiger partial charge in [-0.3, -0.25) is 9.78 Å². The molecule has 1 amide bonds. The normalized spacial score (nSPS) is 12.4. The van der Waals surface area contributed by atoms with Crippen LogP contribution in [0, 0.1) is 19.3 Å². The fraction of sp³-hybridized carbons (Fsp3) is 0.409. The average molecular weight is 418 g/mol. The number of aromatic nitrogens is 3. The van der Waals surface area contributed by atoms with Crippen molar-refractivity contribution in [1.29, 1.82) is 0 Å². The molecule has 0 aliphatic heterocycles. The van der Waals surface area contributed by atoms with Crippen molar-refractivity contribution in [1.82, 2.24) is 14.5 Å². The van der Waals surface area contributed by atoms with Crippen LogP contribution >= 0.6 is 0 Å². The first kappa shape index (κ1) is 21.8. The summed E-state index contributed by atoms with van der Waals surface area (Å²) in [6.45, 7) is 10.1. The number of carbonyl (C=O) groups is 1. The number of alkyl halides is 3. The molecule has 8 heteroatoms. The zero-order valence-electron chi connectivity index (χ0n) is 17.7. The van der Waals surface area contributed by atoms with Crippen LogP contribution in [-0.4, -0.2) is 20.4 Å². The van der Waals surface area contributed by atoms with Crippen LogP contribution in [0.15, 0.2) is 30.6 Å². The molecule has 3 heterocycles. The largest absolute Gasteiger partial charge is 0.433 e. The molecular weight excluding hydrogens is 393 g/mol. The van der Waals surface area contributed by atoms with E-state index in [9.17, 15) is 18.0 Å². The topological polar surface area (TPSA) is 59.8 Å². The van der Waals surface area contributed by atoms with E-state index < -0.39 is 11.9 Å². The second-order valence-electron chi connectivity index (χ2n) is 8.80. The molecule has 3 aromatic rings. The van der Waals surface area contributed by atoms with Crippen molar-refractivity contribution in [2.24, 2.45) is 5.41 Å². The molecule has 0 aliphatic carbocycles. The Morgan fingerprint density at radius 2 is 1.83 bits per heavy atom. The Labute approximate surface area is 173 Å². The molecule has 0 fully saturated rings. The fourth-order valence-electron chi connectivity index (χ4n) is 3.27. The number of nitrogens with zero attached hydrogens (tertiary/aromatic N) is 3. The molecule has 0 spiro atoms. The molecule has 3 aromatic heterocycles. The summed E-state index contributed by atoms with van der Waals surface area (Å²) in [7, 11) is 0.